The largest absolute Gasteiger partial charge is 0.534 e. The second-order valence-electron chi connectivity index (χ2n) is 4.97. The average molecular weight is 378 g/mol. The van der Waals surface area contributed by atoms with Crippen molar-refractivity contribution in [3.8, 4) is 11.1 Å². The lowest BCUT2D eigenvalue weighted by Crippen LogP contribution is -2.54. The normalized spacial score (nSPS) is 11.8. The molecule has 0 saturated heterocycles. The molecule has 136 valence electrons. The Morgan fingerprint density at radius 3 is 1.56 bits per heavy atom. The Kier molecular flexibility index (Phi) is 5.94. The Bertz CT molecular complexity index is 732. The van der Waals surface area contributed by atoms with E-state index in [4.69, 9.17) is 8.85 Å². The number of hydrogen-bond acceptors (Lipinski definition) is 3. The summed E-state index contributed by atoms with van der Waals surface area (Å²) in [6.45, 7) is 3.64. The maximum atomic E-state index is 13.9. The molecule has 0 aromatic heterocycles. The Morgan fingerprint density at radius 1 is 0.760 bits per heavy atom. The molecule has 0 bridgehead atoms. The van der Waals surface area contributed by atoms with Crippen molar-refractivity contribution >= 4 is 14.0 Å². The molecule has 0 unspecified atom stereocenters. The highest BCUT2D eigenvalue weighted by molar-refractivity contribution is 6.74. The first kappa shape index (κ1) is 19.5. The van der Waals surface area contributed by atoms with Gasteiger partial charge in [-0.25, -0.2) is 22.0 Å². The molecule has 0 radical (unpaired) electrons. The van der Waals surface area contributed by atoms with Gasteiger partial charge in [0.25, 0.3) is 0 Å². The molecular formula is C16H15F5O3Si. The Labute approximate surface area is 142 Å². The van der Waals surface area contributed by atoms with Crippen molar-refractivity contribution in [1.29, 1.82) is 0 Å². The highest BCUT2D eigenvalue weighted by atomic mass is 28.4. The zero-order chi connectivity index (χ0) is 18.8. The zero-order valence-electron chi connectivity index (χ0n) is 13.4. The Hall–Kier alpha value is -1.81. The number of rotatable bonds is 6. The van der Waals surface area contributed by atoms with Gasteiger partial charge < -0.3 is 13.6 Å². The van der Waals surface area contributed by atoms with Crippen LogP contribution in [0.15, 0.2) is 24.3 Å². The number of halogens is 5. The lowest BCUT2D eigenvalue weighted by atomic mass is 10.0. The van der Waals surface area contributed by atoms with Crippen LogP contribution in [0.25, 0.3) is 11.1 Å². The van der Waals surface area contributed by atoms with Gasteiger partial charge in [-0.3, -0.25) is 0 Å². The summed E-state index contributed by atoms with van der Waals surface area (Å²) in [5.74, 6) is -10.1. The SMILES string of the molecule is CCO[Si](O)(OCC)c1ccc(-c2c(F)c(F)c(F)c(F)c2F)cc1. The first-order valence-electron chi connectivity index (χ1n) is 7.39. The van der Waals surface area contributed by atoms with Crippen molar-refractivity contribution in [1.82, 2.24) is 0 Å². The summed E-state index contributed by atoms with van der Waals surface area (Å²) in [6, 6.07) is 4.79. The van der Waals surface area contributed by atoms with Crippen molar-refractivity contribution in [2.75, 3.05) is 13.2 Å². The van der Waals surface area contributed by atoms with E-state index in [0.29, 0.717) is 0 Å². The van der Waals surface area contributed by atoms with Crippen LogP contribution in [0.2, 0.25) is 0 Å². The van der Waals surface area contributed by atoms with E-state index in [1.807, 2.05) is 0 Å². The minimum atomic E-state index is -3.70. The van der Waals surface area contributed by atoms with Crippen LogP contribution in [0, 0.1) is 29.1 Å². The second-order valence-corrected chi connectivity index (χ2v) is 7.29. The van der Waals surface area contributed by atoms with E-state index in [-0.39, 0.29) is 24.0 Å². The summed E-state index contributed by atoms with van der Waals surface area (Å²) in [7, 11) is -3.70. The molecule has 0 fully saturated rings. The molecule has 0 heterocycles. The van der Waals surface area contributed by atoms with Gasteiger partial charge in [0.2, 0.25) is 5.82 Å². The molecule has 0 aliphatic carbocycles. The van der Waals surface area contributed by atoms with Crippen molar-refractivity contribution in [3.05, 3.63) is 53.4 Å². The molecule has 9 heteroatoms. The molecule has 0 aliphatic heterocycles. The predicted molar refractivity (Wildman–Crippen MR) is 82.5 cm³/mol. The van der Waals surface area contributed by atoms with E-state index < -0.39 is 43.5 Å². The highest BCUT2D eigenvalue weighted by Crippen LogP contribution is 2.31. The van der Waals surface area contributed by atoms with Crippen LogP contribution in [0.5, 0.6) is 0 Å². The van der Waals surface area contributed by atoms with Crippen LogP contribution in [0.1, 0.15) is 13.8 Å². The first-order valence-corrected chi connectivity index (χ1v) is 9.15. The van der Waals surface area contributed by atoms with Crippen LogP contribution in [0.3, 0.4) is 0 Å². The van der Waals surface area contributed by atoms with Gasteiger partial charge in [-0.15, -0.1) is 0 Å². The fourth-order valence-electron chi connectivity index (χ4n) is 2.31. The van der Waals surface area contributed by atoms with Crippen LogP contribution >= 0.6 is 0 Å². The topological polar surface area (TPSA) is 38.7 Å². The Balaban J connectivity index is 2.51. The minimum Gasteiger partial charge on any atom is -0.386 e. The summed E-state index contributed by atoms with van der Waals surface area (Å²) in [6.07, 6.45) is 0. The molecule has 3 nitrogen and oxygen atoms in total. The van der Waals surface area contributed by atoms with E-state index in [1.165, 1.54) is 12.1 Å². The van der Waals surface area contributed by atoms with Crippen LogP contribution < -0.4 is 5.19 Å². The summed E-state index contributed by atoms with van der Waals surface area (Å²) in [4.78, 5) is 10.5. The first-order chi connectivity index (χ1) is 11.8. The molecule has 0 saturated carbocycles. The van der Waals surface area contributed by atoms with Gasteiger partial charge in [-0.05, 0) is 19.4 Å². The fourth-order valence-corrected chi connectivity index (χ4v) is 4.09. The van der Waals surface area contributed by atoms with Gasteiger partial charge in [-0.2, -0.15) is 0 Å². The lowest BCUT2D eigenvalue weighted by molar-refractivity contribution is 0.124. The standard InChI is InChI=1S/C16H15F5O3Si/c1-3-23-25(22,24-4-2)10-7-5-9(6-8-10)11-12(17)14(19)16(21)15(20)13(11)18/h5-8,22H,3-4H2,1-2H3. The van der Waals surface area contributed by atoms with Gasteiger partial charge in [0.15, 0.2) is 23.3 Å². The van der Waals surface area contributed by atoms with E-state index >= 15 is 0 Å². The maximum absolute atomic E-state index is 13.9. The van der Waals surface area contributed by atoms with Gasteiger partial charge in [0.1, 0.15) is 0 Å². The summed E-state index contributed by atoms with van der Waals surface area (Å²) in [5, 5.41) is 0.240. The minimum absolute atomic E-state index is 0.169. The van der Waals surface area contributed by atoms with Gasteiger partial charge >= 0.3 is 8.80 Å². The maximum Gasteiger partial charge on any atom is 0.534 e. The molecule has 0 spiro atoms. The summed E-state index contributed by atoms with van der Waals surface area (Å²) < 4.78 is 78.0. The van der Waals surface area contributed by atoms with Crippen molar-refractivity contribution in [2.24, 2.45) is 0 Å². The highest BCUT2D eigenvalue weighted by Gasteiger charge is 2.39. The molecule has 2 aromatic rings. The fraction of sp³-hybridized carbons (Fsp3) is 0.250. The number of hydrogen-bond donors (Lipinski definition) is 1. The third-order valence-corrected chi connectivity index (χ3v) is 5.85. The van der Waals surface area contributed by atoms with Crippen LogP contribution in [0.4, 0.5) is 22.0 Å². The van der Waals surface area contributed by atoms with E-state index in [0.717, 1.165) is 12.1 Å². The summed E-state index contributed by atoms with van der Waals surface area (Å²) >= 11 is 0. The van der Waals surface area contributed by atoms with Crippen LogP contribution in [-0.4, -0.2) is 26.8 Å². The lowest BCUT2D eigenvalue weighted by Gasteiger charge is -2.23. The molecule has 2 aromatic carbocycles. The quantitative estimate of drug-likeness (QED) is 0.363. The molecule has 2 rings (SSSR count). The molecule has 0 atom stereocenters. The van der Waals surface area contributed by atoms with Gasteiger partial charge in [0.05, 0.1) is 5.56 Å². The zero-order valence-corrected chi connectivity index (χ0v) is 14.4. The summed E-state index contributed by atoms with van der Waals surface area (Å²) in [5.41, 5.74) is -1.28. The molecule has 25 heavy (non-hydrogen) atoms. The molecule has 0 aliphatic rings. The molecular weight excluding hydrogens is 363 g/mol. The molecule has 1 N–H and O–H groups in total. The van der Waals surface area contributed by atoms with Gasteiger partial charge in [0, 0.05) is 18.4 Å². The van der Waals surface area contributed by atoms with Crippen LogP contribution in [-0.2, 0) is 8.85 Å². The molecule has 0 amide bonds. The Morgan fingerprint density at radius 2 is 1.16 bits per heavy atom. The van der Waals surface area contributed by atoms with Gasteiger partial charge in [-0.1, -0.05) is 24.3 Å². The van der Waals surface area contributed by atoms with E-state index in [9.17, 15) is 26.7 Å². The van der Waals surface area contributed by atoms with Crippen molar-refractivity contribution < 1.29 is 35.6 Å². The third kappa shape index (κ3) is 3.59. The third-order valence-electron chi connectivity index (χ3n) is 3.43. The smallest absolute Gasteiger partial charge is 0.386 e. The van der Waals surface area contributed by atoms with E-state index in [1.54, 1.807) is 13.8 Å². The second kappa shape index (κ2) is 7.61. The predicted octanol–water partition coefficient (Wildman–Crippen LogP) is 3.26. The average Bonchev–Trinajstić information content (AvgIpc) is 2.59. The van der Waals surface area contributed by atoms with E-state index in [2.05, 4.69) is 0 Å². The van der Waals surface area contributed by atoms with Crippen molar-refractivity contribution in [2.45, 2.75) is 13.8 Å². The number of benzene rings is 2. The van der Waals surface area contributed by atoms with Crippen molar-refractivity contribution in [3.63, 3.8) is 0 Å². The monoisotopic (exact) mass is 378 g/mol.